The lowest BCUT2D eigenvalue weighted by atomic mass is 9.78. The summed E-state index contributed by atoms with van der Waals surface area (Å²) in [6.45, 7) is 9.00. The summed E-state index contributed by atoms with van der Waals surface area (Å²) in [5.41, 5.74) is 2.83. The van der Waals surface area contributed by atoms with Crippen molar-refractivity contribution in [3.05, 3.63) is 35.4 Å². The van der Waals surface area contributed by atoms with E-state index in [1.54, 1.807) is 0 Å². The molecule has 0 amide bonds. The zero-order chi connectivity index (χ0) is 14.8. The Balaban J connectivity index is 1.61. The van der Waals surface area contributed by atoms with Gasteiger partial charge in [-0.15, -0.1) is 0 Å². The van der Waals surface area contributed by atoms with Gasteiger partial charge in [-0.25, -0.2) is 0 Å². The van der Waals surface area contributed by atoms with Crippen LogP contribution in [0.15, 0.2) is 24.3 Å². The van der Waals surface area contributed by atoms with Crippen molar-refractivity contribution in [2.24, 2.45) is 5.92 Å². The number of benzene rings is 1. The summed E-state index contributed by atoms with van der Waals surface area (Å²) < 4.78 is 0. The first kappa shape index (κ1) is 13.5. The predicted molar refractivity (Wildman–Crippen MR) is 84.5 cm³/mol. The highest BCUT2D eigenvalue weighted by molar-refractivity contribution is 5.96. The second kappa shape index (κ2) is 4.19. The van der Waals surface area contributed by atoms with Gasteiger partial charge < -0.3 is 0 Å². The first-order valence-electron chi connectivity index (χ1n) is 8.33. The van der Waals surface area contributed by atoms with Gasteiger partial charge in [-0.3, -0.25) is 9.69 Å². The van der Waals surface area contributed by atoms with E-state index in [2.05, 4.69) is 49.9 Å². The summed E-state index contributed by atoms with van der Waals surface area (Å²) in [4.78, 5) is 15.2. The SMILES string of the molecule is CC(C)(C)c1ccc(C2CC23C(=O)C2CCN3CC2)cc1. The lowest BCUT2D eigenvalue weighted by molar-refractivity contribution is -0.139. The quantitative estimate of drug-likeness (QED) is 0.786. The minimum atomic E-state index is -0.107. The average Bonchev–Trinajstić information content (AvgIpc) is 3.20. The molecular weight excluding hydrogens is 258 g/mol. The zero-order valence-electron chi connectivity index (χ0n) is 13.4. The standard InChI is InChI=1S/C19H25NO/c1-18(2,3)15-6-4-13(5-7-15)16-12-19(16)17(21)14-8-10-20(19)11-9-14/h4-7,14,16H,8-12H2,1-3H3. The third-order valence-electron chi connectivity index (χ3n) is 5.97. The predicted octanol–water partition coefficient (Wildman–Crippen LogP) is 3.50. The summed E-state index contributed by atoms with van der Waals surface area (Å²) >= 11 is 0. The molecule has 0 radical (unpaired) electrons. The van der Waals surface area contributed by atoms with Gasteiger partial charge in [0.1, 0.15) is 0 Å². The fourth-order valence-electron chi connectivity index (χ4n) is 4.53. The Bertz CT molecular complexity index is 575. The molecule has 4 fully saturated rings. The fourth-order valence-corrected chi connectivity index (χ4v) is 4.53. The van der Waals surface area contributed by atoms with Crippen LogP contribution in [0.1, 0.15) is 57.1 Å². The normalized spacial score (nSPS) is 38.0. The van der Waals surface area contributed by atoms with Crippen LogP contribution in [0.5, 0.6) is 0 Å². The molecule has 2 nitrogen and oxygen atoms in total. The first-order valence-corrected chi connectivity index (χ1v) is 8.33. The molecule has 21 heavy (non-hydrogen) atoms. The minimum absolute atomic E-state index is 0.107. The van der Waals surface area contributed by atoms with E-state index in [1.807, 2.05) is 0 Å². The molecule has 1 aliphatic carbocycles. The molecule has 4 aliphatic rings. The molecule has 3 heterocycles. The highest BCUT2D eigenvalue weighted by atomic mass is 16.1. The highest BCUT2D eigenvalue weighted by Gasteiger charge is 2.67. The molecule has 2 bridgehead atoms. The van der Waals surface area contributed by atoms with Crippen molar-refractivity contribution in [3.8, 4) is 0 Å². The van der Waals surface area contributed by atoms with Crippen molar-refractivity contribution >= 4 is 5.78 Å². The lowest BCUT2D eigenvalue weighted by Crippen LogP contribution is -2.58. The van der Waals surface area contributed by atoms with Gasteiger partial charge in [-0.1, -0.05) is 45.0 Å². The topological polar surface area (TPSA) is 20.3 Å². The summed E-state index contributed by atoms with van der Waals surface area (Å²) in [7, 11) is 0. The summed E-state index contributed by atoms with van der Waals surface area (Å²) in [5, 5.41) is 0. The van der Waals surface area contributed by atoms with Crippen LogP contribution in [-0.2, 0) is 10.2 Å². The van der Waals surface area contributed by atoms with Gasteiger partial charge in [0, 0.05) is 11.8 Å². The number of piperidine rings is 3. The number of hydrogen-bond acceptors (Lipinski definition) is 2. The van der Waals surface area contributed by atoms with Crippen molar-refractivity contribution in [1.82, 2.24) is 4.90 Å². The van der Waals surface area contributed by atoms with Gasteiger partial charge >= 0.3 is 0 Å². The van der Waals surface area contributed by atoms with Crippen molar-refractivity contribution in [2.75, 3.05) is 13.1 Å². The van der Waals surface area contributed by atoms with Gasteiger partial charge in [-0.2, -0.15) is 0 Å². The Morgan fingerprint density at radius 3 is 2.24 bits per heavy atom. The van der Waals surface area contributed by atoms with E-state index >= 15 is 0 Å². The van der Waals surface area contributed by atoms with E-state index in [9.17, 15) is 4.79 Å². The second-order valence-corrected chi connectivity index (χ2v) is 8.18. The van der Waals surface area contributed by atoms with E-state index in [-0.39, 0.29) is 11.0 Å². The van der Waals surface area contributed by atoms with Crippen LogP contribution in [0, 0.1) is 5.92 Å². The first-order chi connectivity index (χ1) is 9.93. The monoisotopic (exact) mass is 283 g/mol. The third-order valence-corrected chi connectivity index (χ3v) is 5.97. The molecule has 3 aliphatic heterocycles. The highest BCUT2D eigenvalue weighted by Crippen LogP contribution is 2.61. The average molecular weight is 283 g/mol. The van der Waals surface area contributed by atoms with Crippen molar-refractivity contribution in [1.29, 1.82) is 0 Å². The Morgan fingerprint density at radius 2 is 1.71 bits per heavy atom. The molecule has 0 N–H and O–H groups in total. The Labute approximate surface area is 127 Å². The number of ketones is 1. The summed E-state index contributed by atoms with van der Waals surface area (Å²) in [5.74, 6) is 1.35. The van der Waals surface area contributed by atoms with Crippen LogP contribution in [-0.4, -0.2) is 29.3 Å². The van der Waals surface area contributed by atoms with Gasteiger partial charge in [0.05, 0.1) is 5.54 Å². The van der Waals surface area contributed by atoms with Gasteiger partial charge in [-0.05, 0) is 48.9 Å². The Kier molecular flexibility index (Phi) is 2.70. The van der Waals surface area contributed by atoms with E-state index in [1.165, 1.54) is 11.1 Å². The molecule has 1 aromatic carbocycles. The molecule has 2 heteroatoms. The number of carbonyl (C=O) groups excluding carboxylic acids is 1. The number of hydrogen-bond donors (Lipinski definition) is 0. The van der Waals surface area contributed by atoms with Crippen LogP contribution in [0.3, 0.4) is 0 Å². The van der Waals surface area contributed by atoms with E-state index in [0.29, 0.717) is 17.6 Å². The van der Waals surface area contributed by atoms with Crippen LogP contribution in [0.2, 0.25) is 0 Å². The largest absolute Gasteiger partial charge is 0.297 e. The van der Waals surface area contributed by atoms with Gasteiger partial charge in [0.25, 0.3) is 0 Å². The number of rotatable bonds is 1. The van der Waals surface area contributed by atoms with Crippen molar-refractivity contribution in [3.63, 3.8) is 0 Å². The van der Waals surface area contributed by atoms with Crippen molar-refractivity contribution in [2.45, 2.75) is 56.9 Å². The maximum atomic E-state index is 12.7. The van der Waals surface area contributed by atoms with Crippen LogP contribution >= 0.6 is 0 Å². The number of carbonyl (C=O) groups is 1. The molecule has 3 saturated heterocycles. The van der Waals surface area contributed by atoms with E-state index < -0.39 is 0 Å². The number of Topliss-reactive ketones (excluding diaryl/α,β-unsaturated/α-hetero) is 1. The lowest BCUT2D eigenvalue weighted by Gasteiger charge is -2.45. The fraction of sp³-hybridized carbons (Fsp3) is 0.632. The Morgan fingerprint density at radius 1 is 1.10 bits per heavy atom. The molecule has 2 unspecified atom stereocenters. The molecule has 0 aromatic heterocycles. The molecule has 5 rings (SSSR count). The molecule has 2 atom stereocenters. The molecular formula is C19H25NO. The van der Waals surface area contributed by atoms with Crippen LogP contribution in [0.4, 0.5) is 0 Å². The van der Waals surface area contributed by atoms with Crippen LogP contribution < -0.4 is 0 Å². The molecule has 1 spiro atoms. The molecule has 1 saturated carbocycles. The van der Waals surface area contributed by atoms with Crippen LogP contribution in [0.25, 0.3) is 0 Å². The number of nitrogens with zero attached hydrogens (tertiary/aromatic N) is 1. The zero-order valence-corrected chi connectivity index (χ0v) is 13.4. The number of fused-ring (bicyclic) bond motifs is 2. The Hall–Kier alpha value is -1.15. The minimum Gasteiger partial charge on any atom is -0.297 e. The second-order valence-electron chi connectivity index (χ2n) is 8.18. The van der Waals surface area contributed by atoms with Crippen molar-refractivity contribution < 1.29 is 4.79 Å². The van der Waals surface area contributed by atoms with E-state index in [0.717, 1.165) is 32.4 Å². The maximum absolute atomic E-state index is 12.7. The third kappa shape index (κ3) is 1.85. The van der Waals surface area contributed by atoms with E-state index in [4.69, 9.17) is 0 Å². The maximum Gasteiger partial charge on any atom is 0.156 e. The molecule has 1 aromatic rings. The smallest absolute Gasteiger partial charge is 0.156 e. The summed E-state index contributed by atoms with van der Waals surface area (Å²) in [6, 6.07) is 9.03. The van der Waals surface area contributed by atoms with Gasteiger partial charge in [0.2, 0.25) is 0 Å². The molecule has 112 valence electrons. The van der Waals surface area contributed by atoms with Gasteiger partial charge in [0.15, 0.2) is 5.78 Å². The summed E-state index contributed by atoms with van der Waals surface area (Å²) in [6.07, 6.45) is 3.24.